The molecule has 2 unspecified atom stereocenters. The predicted molar refractivity (Wildman–Crippen MR) is 52.7 cm³/mol. The number of carboxylic acid groups (broad SMARTS) is 1. The van der Waals surface area contributed by atoms with Gasteiger partial charge in [-0.25, -0.2) is 0 Å². The first-order chi connectivity index (χ1) is 6.52. The van der Waals surface area contributed by atoms with Gasteiger partial charge in [0.2, 0.25) is 5.91 Å². The quantitative estimate of drug-likeness (QED) is 0.545. The summed E-state index contributed by atoms with van der Waals surface area (Å²) in [5, 5.41) is 11.5. The fourth-order valence-electron chi connectivity index (χ4n) is 1.21. The van der Waals surface area contributed by atoms with Crippen LogP contribution in [0.3, 0.4) is 0 Å². The topological polar surface area (TPSA) is 92.4 Å². The fourth-order valence-corrected chi connectivity index (χ4v) is 1.21. The molecule has 0 bridgehead atoms. The van der Waals surface area contributed by atoms with Gasteiger partial charge in [0.15, 0.2) is 0 Å². The molecule has 82 valence electrons. The molecule has 0 aliphatic carbocycles. The van der Waals surface area contributed by atoms with E-state index >= 15 is 0 Å². The Labute approximate surface area is 83.7 Å². The second-order valence-corrected chi connectivity index (χ2v) is 3.21. The van der Waals surface area contributed by atoms with Crippen molar-refractivity contribution in [2.45, 2.75) is 45.2 Å². The summed E-state index contributed by atoms with van der Waals surface area (Å²) in [6.45, 7) is 3.68. The summed E-state index contributed by atoms with van der Waals surface area (Å²) in [6, 6.07) is -1.24. The maximum Gasteiger partial charge on any atom is 0.320 e. The van der Waals surface area contributed by atoms with Crippen LogP contribution in [0.1, 0.15) is 33.1 Å². The molecule has 0 aromatic heterocycles. The number of carbonyl (C=O) groups is 2. The summed E-state index contributed by atoms with van der Waals surface area (Å²) in [4.78, 5) is 21.6. The molecule has 2 atom stereocenters. The van der Waals surface area contributed by atoms with Crippen molar-refractivity contribution in [1.29, 1.82) is 0 Å². The molecule has 14 heavy (non-hydrogen) atoms. The van der Waals surface area contributed by atoms with Crippen molar-refractivity contribution in [2.24, 2.45) is 5.73 Å². The lowest BCUT2D eigenvalue weighted by molar-refractivity contribution is -0.140. The second-order valence-electron chi connectivity index (χ2n) is 3.21. The maximum absolute atomic E-state index is 10.9. The van der Waals surface area contributed by atoms with Crippen LogP contribution in [0.25, 0.3) is 0 Å². The number of nitrogens with two attached hydrogens (primary N) is 1. The number of rotatable bonds is 7. The van der Waals surface area contributed by atoms with Crippen LogP contribution < -0.4 is 11.1 Å². The van der Waals surface area contributed by atoms with Gasteiger partial charge in [0, 0.05) is 0 Å². The van der Waals surface area contributed by atoms with Crippen LogP contribution in [0.4, 0.5) is 0 Å². The van der Waals surface area contributed by atoms with Crippen LogP contribution in [-0.4, -0.2) is 29.1 Å². The molecular weight excluding hydrogens is 184 g/mol. The smallest absolute Gasteiger partial charge is 0.320 e. The molecule has 4 N–H and O–H groups in total. The molecule has 0 saturated carbocycles. The molecule has 0 heterocycles. The number of aliphatic carboxylic acids is 1. The van der Waals surface area contributed by atoms with E-state index in [4.69, 9.17) is 10.8 Å². The molecule has 5 nitrogen and oxygen atoms in total. The minimum atomic E-state index is -0.938. The standard InChI is InChI=1S/C9H18N2O3/c1-3-5-7(9(13)14)11-6(4-2)8(10)12/h6-7,11H,3-5H2,1-2H3,(H2,10,12)(H,13,14). The van der Waals surface area contributed by atoms with E-state index in [-0.39, 0.29) is 0 Å². The predicted octanol–water partition coefficient (Wildman–Crippen LogP) is 0.0932. The lowest BCUT2D eigenvalue weighted by Gasteiger charge is -2.19. The van der Waals surface area contributed by atoms with Crippen molar-refractivity contribution >= 4 is 11.9 Å². The average molecular weight is 202 g/mol. The molecule has 0 aromatic carbocycles. The van der Waals surface area contributed by atoms with E-state index in [9.17, 15) is 9.59 Å². The molecule has 0 rings (SSSR count). The zero-order chi connectivity index (χ0) is 11.1. The normalized spacial score (nSPS) is 14.7. The Balaban J connectivity index is 4.25. The highest BCUT2D eigenvalue weighted by Crippen LogP contribution is 2.00. The Hall–Kier alpha value is -1.10. The van der Waals surface area contributed by atoms with Crippen molar-refractivity contribution in [3.63, 3.8) is 0 Å². The third-order valence-corrected chi connectivity index (χ3v) is 2.03. The van der Waals surface area contributed by atoms with Crippen LogP contribution in [-0.2, 0) is 9.59 Å². The van der Waals surface area contributed by atoms with Gasteiger partial charge in [-0.1, -0.05) is 20.3 Å². The summed E-state index contributed by atoms with van der Waals surface area (Å²) < 4.78 is 0. The van der Waals surface area contributed by atoms with Gasteiger partial charge in [0.1, 0.15) is 6.04 Å². The average Bonchev–Trinajstić information content (AvgIpc) is 2.11. The van der Waals surface area contributed by atoms with E-state index < -0.39 is 24.0 Å². The van der Waals surface area contributed by atoms with Gasteiger partial charge in [0.05, 0.1) is 6.04 Å². The minimum Gasteiger partial charge on any atom is -0.480 e. The van der Waals surface area contributed by atoms with Crippen molar-refractivity contribution in [1.82, 2.24) is 5.32 Å². The number of hydrogen-bond donors (Lipinski definition) is 3. The highest BCUT2D eigenvalue weighted by atomic mass is 16.4. The SMILES string of the molecule is CCCC(NC(CC)C(N)=O)C(=O)O. The van der Waals surface area contributed by atoms with Crippen molar-refractivity contribution in [3.8, 4) is 0 Å². The number of hydrogen-bond acceptors (Lipinski definition) is 3. The first-order valence-electron chi connectivity index (χ1n) is 4.81. The molecule has 5 heteroatoms. The Bertz CT molecular complexity index is 206. The van der Waals surface area contributed by atoms with Crippen molar-refractivity contribution in [2.75, 3.05) is 0 Å². The molecule has 0 aliphatic heterocycles. The van der Waals surface area contributed by atoms with E-state index in [0.717, 1.165) is 6.42 Å². The first kappa shape index (κ1) is 12.9. The Kier molecular flexibility index (Phi) is 5.87. The van der Waals surface area contributed by atoms with Gasteiger partial charge in [-0.3, -0.25) is 14.9 Å². The van der Waals surface area contributed by atoms with Crippen LogP contribution in [0.5, 0.6) is 0 Å². The molecule has 0 aromatic rings. The largest absolute Gasteiger partial charge is 0.480 e. The highest BCUT2D eigenvalue weighted by Gasteiger charge is 2.22. The monoisotopic (exact) mass is 202 g/mol. The third-order valence-electron chi connectivity index (χ3n) is 2.03. The van der Waals surface area contributed by atoms with Crippen LogP contribution in [0, 0.1) is 0 Å². The van der Waals surface area contributed by atoms with E-state index in [1.165, 1.54) is 0 Å². The van der Waals surface area contributed by atoms with Crippen molar-refractivity contribution in [3.05, 3.63) is 0 Å². The van der Waals surface area contributed by atoms with E-state index in [1.54, 1.807) is 6.92 Å². The Morgan fingerprint density at radius 3 is 2.21 bits per heavy atom. The number of primary amides is 1. The van der Waals surface area contributed by atoms with E-state index in [0.29, 0.717) is 12.8 Å². The number of carbonyl (C=O) groups excluding carboxylic acids is 1. The second kappa shape index (κ2) is 6.37. The molecule has 0 fully saturated rings. The van der Waals surface area contributed by atoms with Gasteiger partial charge in [-0.05, 0) is 12.8 Å². The van der Waals surface area contributed by atoms with E-state index in [1.807, 2.05) is 6.92 Å². The summed E-state index contributed by atoms with van der Waals surface area (Å²) in [6.07, 6.45) is 1.75. The zero-order valence-electron chi connectivity index (χ0n) is 8.62. The van der Waals surface area contributed by atoms with E-state index in [2.05, 4.69) is 5.32 Å². The van der Waals surface area contributed by atoms with Gasteiger partial charge >= 0.3 is 5.97 Å². The van der Waals surface area contributed by atoms with Gasteiger partial charge in [0.25, 0.3) is 0 Å². The van der Waals surface area contributed by atoms with Crippen LogP contribution in [0.15, 0.2) is 0 Å². The lowest BCUT2D eigenvalue weighted by atomic mass is 10.1. The number of carboxylic acids is 1. The molecule has 1 amide bonds. The Morgan fingerprint density at radius 1 is 1.36 bits per heavy atom. The summed E-state index contributed by atoms with van der Waals surface area (Å²) in [7, 11) is 0. The van der Waals surface area contributed by atoms with Gasteiger partial charge in [-0.15, -0.1) is 0 Å². The first-order valence-corrected chi connectivity index (χ1v) is 4.81. The molecular formula is C9H18N2O3. The minimum absolute atomic E-state index is 0.499. The molecule has 0 saturated heterocycles. The molecule has 0 spiro atoms. The third kappa shape index (κ3) is 4.23. The zero-order valence-corrected chi connectivity index (χ0v) is 8.62. The number of nitrogens with one attached hydrogen (secondary N) is 1. The van der Waals surface area contributed by atoms with Gasteiger partial charge < -0.3 is 10.8 Å². The highest BCUT2D eigenvalue weighted by molar-refractivity contribution is 5.81. The summed E-state index contributed by atoms with van der Waals surface area (Å²) >= 11 is 0. The Morgan fingerprint density at radius 2 is 1.93 bits per heavy atom. The number of amides is 1. The molecule has 0 aliphatic rings. The van der Waals surface area contributed by atoms with Gasteiger partial charge in [-0.2, -0.15) is 0 Å². The summed E-state index contributed by atoms with van der Waals surface area (Å²) in [5.74, 6) is -1.44. The fraction of sp³-hybridized carbons (Fsp3) is 0.778. The van der Waals surface area contributed by atoms with Crippen molar-refractivity contribution < 1.29 is 14.7 Å². The van der Waals surface area contributed by atoms with Crippen LogP contribution >= 0.6 is 0 Å². The molecule has 0 radical (unpaired) electrons. The maximum atomic E-state index is 10.9. The van der Waals surface area contributed by atoms with Crippen LogP contribution in [0.2, 0.25) is 0 Å². The summed E-state index contributed by atoms with van der Waals surface area (Å²) in [5.41, 5.74) is 5.10. The lowest BCUT2D eigenvalue weighted by Crippen LogP contribution is -2.49.